The quantitative estimate of drug-likeness (QED) is 0.559. The number of rotatable bonds is 6. The molecule has 1 aliphatic heterocycles. The molecule has 0 spiro atoms. The van der Waals surface area contributed by atoms with E-state index in [0.717, 1.165) is 11.1 Å². The van der Waals surface area contributed by atoms with Crippen molar-refractivity contribution in [3.63, 3.8) is 0 Å². The van der Waals surface area contributed by atoms with Gasteiger partial charge in [-0.3, -0.25) is 4.79 Å². The summed E-state index contributed by atoms with van der Waals surface area (Å²) in [6.45, 7) is 0.594. The van der Waals surface area contributed by atoms with Crippen LogP contribution in [-0.2, 0) is 23.0 Å². The van der Waals surface area contributed by atoms with E-state index in [1.54, 1.807) is 30.3 Å². The van der Waals surface area contributed by atoms with Crippen molar-refractivity contribution in [3.8, 4) is 11.5 Å². The number of sulfonamides is 1. The van der Waals surface area contributed by atoms with Gasteiger partial charge in [0, 0.05) is 23.8 Å². The summed E-state index contributed by atoms with van der Waals surface area (Å²) in [6.07, 6.45) is 0.583. The lowest BCUT2D eigenvalue weighted by Crippen LogP contribution is -2.36. The zero-order valence-corrected chi connectivity index (χ0v) is 19.7. The molecule has 3 aromatic carbocycles. The van der Waals surface area contributed by atoms with Crippen LogP contribution in [0.2, 0.25) is 5.02 Å². The zero-order chi connectivity index (χ0) is 23.6. The summed E-state index contributed by atoms with van der Waals surface area (Å²) < 4.78 is 38.2. The molecule has 0 bridgehead atoms. The number of nitrogens with zero attached hydrogens (tertiary/aromatic N) is 1. The van der Waals surface area contributed by atoms with Crippen LogP contribution in [0.4, 0.5) is 5.69 Å². The molecule has 9 heteroatoms. The van der Waals surface area contributed by atoms with E-state index in [1.165, 1.54) is 30.7 Å². The monoisotopic (exact) mass is 486 g/mol. The second-order valence-corrected chi connectivity index (χ2v) is 9.90. The molecule has 1 aliphatic rings. The topological polar surface area (TPSA) is 84.9 Å². The first-order valence-electron chi connectivity index (χ1n) is 10.2. The van der Waals surface area contributed by atoms with E-state index >= 15 is 0 Å². The number of hydrogen-bond acceptors (Lipinski definition) is 5. The Bertz CT molecular complexity index is 1290. The number of anilines is 1. The minimum absolute atomic E-state index is 0.199. The molecule has 33 heavy (non-hydrogen) atoms. The molecule has 0 fully saturated rings. The Kier molecular flexibility index (Phi) is 6.60. The van der Waals surface area contributed by atoms with Gasteiger partial charge in [-0.05, 0) is 66.1 Å². The third-order valence-electron chi connectivity index (χ3n) is 5.54. The summed E-state index contributed by atoms with van der Waals surface area (Å²) in [6, 6.07) is 16.7. The molecule has 1 heterocycles. The lowest BCUT2D eigenvalue weighted by Gasteiger charge is -2.28. The van der Waals surface area contributed by atoms with E-state index in [4.69, 9.17) is 21.1 Å². The summed E-state index contributed by atoms with van der Waals surface area (Å²) in [5.74, 6) is 0.446. The van der Waals surface area contributed by atoms with E-state index in [9.17, 15) is 13.2 Å². The number of methoxy groups -OCH3 is 2. The third kappa shape index (κ3) is 4.68. The molecule has 1 amide bonds. The summed E-state index contributed by atoms with van der Waals surface area (Å²) in [7, 11) is -0.678. The van der Waals surface area contributed by atoms with Crippen LogP contribution in [0.15, 0.2) is 65.6 Å². The fourth-order valence-electron chi connectivity index (χ4n) is 3.83. The number of carbonyl (C=O) groups excluding carboxylic acids is 1. The number of halogens is 1. The highest BCUT2D eigenvalue weighted by atomic mass is 35.5. The predicted molar refractivity (Wildman–Crippen MR) is 127 cm³/mol. The van der Waals surface area contributed by atoms with E-state index in [0.29, 0.717) is 40.7 Å². The van der Waals surface area contributed by atoms with Crippen molar-refractivity contribution in [3.05, 3.63) is 82.4 Å². The maximum Gasteiger partial charge on any atom is 0.259 e. The Hall–Kier alpha value is -3.07. The molecular formula is C24H23ClN2O5S. The molecule has 3 aromatic rings. The Morgan fingerprint density at radius 2 is 1.76 bits per heavy atom. The SMILES string of the molecule is COc1cccc(C(=O)Nc2ccc3c(c2)CN(S(=O)(=O)c2ccc(Cl)cc2)CC3)c1OC. The van der Waals surface area contributed by atoms with Crippen LogP contribution < -0.4 is 14.8 Å². The number of nitrogens with one attached hydrogen (secondary N) is 1. The number of amides is 1. The summed E-state index contributed by atoms with van der Waals surface area (Å²) in [5, 5.41) is 3.35. The number of para-hydroxylation sites is 1. The van der Waals surface area contributed by atoms with Crippen molar-refractivity contribution in [2.45, 2.75) is 17.9 Å². The number of fused-ring (bicyclic) bond motifs is 1. The first-order valence-corrected chi connectivity index (χ1v) is 12.0. The van der Waals surface area contributed by atoms with Crippen LogP contribution in [0.25, 0.3) is 0 Å². The minimum Gasteiger partial charge on any atom is -0.493 e. The first kappa shape index (κ1) is 23.1. The van der Waals surface area contributed by atoms with Crippen molar-refractivity contribution in [2.75, 3.05) is 26.1 Å². The number of hydrogen-bond donors (Lipinski definition) is 1. The highest BCUT2D eigenvalue weighted by molar-refractivity contribution is 7.89. The van der Waals surface area contributed by atoms with E-state index in [1.807, 2.05) is 18.2 Å². The van der Waals surface area contributed by atoms with E-state index in [2.05, 4.69) is 5.32 Å². The van der Waals surface area contributed by atoms with Crippen LogP contribution in [0, 0.1) is 0 Å². The molecule has 0 atom stereocenters. The van der Waals surface area contributed by atoms with Crippen molar-refractivity contribution in [1.29, 1.82) is 0 Å². The highest BCUT2D eigenvalue weighted by Gasteiger charge is 2.28. The average Bonchev–Trinajstić information content (AvgIpc) is 2.83. The van der Waals surface area contributed by atoms with Gasteiger partial charge in [0.15, 0.2) is 11.5 Å². The number of ether oxygens (including phenoxy) is 2. The van der Waals surface area contributed by atoms with Gasteiger partial charge < -0.3 is 14.8 Å². The van der Waals surface area contributed by atoms with Gasteiger partial charge in [-0.1, -0.05) is 23.7 Å². The van der Waals surface area contributed by atoms with Gasteiger partial charge in [-0.15, -0.1) is 0 Å². The van der Waals surface area contributed by atoms with Crippen molar-refractivity contribution in [1.82, 2.24) is 4.31 Å². The zero-order valence-electron chi connectivity index (χ0n) is 18.2. The van der Waals surface area contributed by atoms with Gasteiger partial charge in [0.25, 0.3) is 5.91 Å². The summed E-state index contributed by atoms with van der Waals surface area (Å²) in [4.78, 5) is 13.1. The Balaban J connectivity index is 1.56. The predicted octanol–water partition coefficient (Wildman–Crippen LogP) is 4.36. The lowest BCUT2D eigenvalue weighted by atomic mass is 10.0. The van der Waals surface area contributed by atoms with Crippen LogP contribution in [0.1, 0.15) is 21.5 Å². The van der Waals surface area contributed by atoms with Crippen molar-refractivity contribution in [2.24, 2.45) is 0 Å². The highest BCUT2D eigenvalue weighted by Crippen LogP contribution is 2.32. The molecule has 0 aliphatic carbocycles. The number of benzene rings is 3. The molecule has 0 saturated heterocycles. The largest absolute Gasteiger partial charge is 0.493 e. The fraction of sp³-hybridized carbons (Fsp3) is 0.208. The van der Waals surface area contributed by atoms with Crippen LogP contribution in [0.5, 0.6) is 11.5 Å². The molecule has 0 aromatic heterocycles. The summed E-state index contributed by atoms with van der Waals surface area (Å²) in [5.41, 5.74) is 2.79. The van der Waals surface area contributed by atoms with Crippen LogP contribution >= 0.6 is 11.6 Å². The maximum absolute atomic E-state index is 13.1. The molecule has 1 N–H and O–H groups in total. The van der Waals surface area contributed by atoms with Gasteiger partial charge >= 0.3 is 0 Å². The van der Waals surface area contributed by atoms with E-state index in [-0.39, 0.29) is 17.3 Å². The maximum atomic E-state index is 13.1. The standard InChI is InChI=1S/C24H23ClN2O5S/c1-31-22-5-3-4-21(23(22)32-2)24(28)26-19-9-6-16-12-13-27(15-17(16)14-19)33(29,30)20-10-7-18(25)8-11-20/h3-11,14H,12-13,15H2,1-2H3,(H,26,28). The van der Waals surface area contributed by atoms with Gasteiger partial charge in [-0.25, -0.2) is 8.42 Å². The second kappa shape index (κ2) is 9.43. The van der Waals surface area contributed by atoms with Gasteiger partial charge in [0.05, 0.1) is 24.7 Å². The van der Waals surface area contributed by atoms with Crippen molar-refractivity contribution < 1.29 is 22.7 Å². The molecule has 0 unspecified atom stereocenters. The molecule has 0 saturated carbocycles. The normalized spacial score (nSPS) is 13.8. The lowest BCUT2D eigenvalue weighted by molar-refractivity contribution is 0.102. The Morgan fingerprint density at radius 1 is 1.00 bits per heavy atom. The third-order valence-corrected chi connectivity index (χ3v) is 7.65. The second-order valence-electron chi connectivity index (χ2n) is 7.52. The molecule has 0 radical (unpaired) electrons. The summed E-state index contributed by atoms with van der Waals surface area (Å²) >= 11 is 5.90. The Morgan fingerprint density at radius 3 is 2.45 bits per heavy atom. The fourth-order valence-corrected chi connectivity index (χ4v) is 5.38. The van der Waals surface area contributed by atoms with Gasteiger partial charge in [-0.2, -0.15) is 4.31 Å². The van der Waals surface area contributed by atoms with Crippen LogP contribution in [-0.4, -0.2) is 39.4 Å². The number of carbonyl (C=O) groups is 1. The molecule has 7 nitrogen and oxygen atoms in total. The smallest absolute Gasteiger partial charge is 0.259 e. The molecular weight excluding hydrogens is 464 g/mol. The van der Waals surface area contributed by atoms with Gasteiger partial charge in [0.1, 0.15) is 0 Å². The minimum atomic E-state index is -3.66. The average molecular weight is 487 g/mol. The molecule has 4 rings (SSSR count). The first-order chi connectivity index (χ1) is 15.8. The Labute approximate surface area is 197 Å². The van der Waals surface area contributed by atoms with Crippen LogP contribution in [0.3, 0.4) is 0 Å². The molecule has 172 valence electrons. The van der Waals surface area contributed by atoms with Crippen molar-refractivity contribution >= 4 is 33.2 Å². The van der Waals surface area contributed by atoms with Gasteiger partial charge in [0.2, 0.25) is 10.0 Å². The van der Waals surface area contributed by atoms with E-state index < -0.39 is 10.0 Å².